The molecular formula is C10H6BrF3O2. The third kappa shape index (κ3) is 1.43. The smallest absolute Gasteiger partial charge is 0.314 e. The van der Waals surface area contributed by atoms with E-state index in [1.54, 1.807) is 0 Å². The first kappa shape index (κ1) is 11.4. The van der Waals surface area contributed by atoms with Crippen LogP contribution in [0.5, 0.6) is 0 Å². The summed E-state index contributed by atoms with van der Waals surface area (Å²) in [5.41, 5.74) is -1.87. The molecule has 6 heteroatoms. The lowest BCUT2D eigenvalue weighted by molar-refractivity contribution is -0.140. The molecule has 0 spiro atoms. The van der Waals surface area contributed by atoms with Gasteiger partial charge in [-0.25, -0.2) is 13.2 Å². The number of carboxylic acid groups (broad SMARTS) is 1. The minimum atomic E-state index is -1.45. The predicted molar refractivity (Wildman–Crippen MR) is 52.6 cm³/mol. The Morgan fingerprint density at radius 3 is 2.31 bits per heavy atom. The number of hydrogen-bond donors (Lipinski definition) is 1. The molecule has 1 aliphatic rings. The zero-order chi connectivity index (χ0) is 12.1. The number of carbonyl (C=O) groups is 1. The molecule has 0 atom stereocenters. The monoisotopic (exact) mass is 294 g/mol. The summed E-state index contributed by atoms with van der Waals surface area (Å²) in [6.45, 7) is 0. The van der Waals surface area contributed by atoms with Crippen LogP contribution in [0.15, 0.2) is 10.5 Å². The molecule has 16 heavy (non-hydrogen) atoms. The van der Waals surface area contributed by atoms with Gasteiger partial charge in [0.05, 0.1) is 9.89 Å². The first-order valence-electron chi connectivity index (χ1n) is 4.47. The van der Waals surface area contributed by atoms with Crippen LogP contribution in [0.2, 0.25) is 0 Å². The van der Waals surface area contributed by atoms with Crippen LogP contribution < -0.4 is 0 Å². The highest BCUT2D eigenvalue weighted by Crippen LogP contribution is 2.50. The number of benzene rings is 1. The first-order chi connectivity index (χ1) is 7.40. The Hall–Kier alpha value is -1.04. The summed E-state index contributed by atoms with van der Waals surface area (Å²) in [7, 11) is 0. The normalized spacial score (nSPS) is 17.2. The quantitative estimate of drug-likeness (QED) is 0.672. The largest absolute Gasteiger partial charge is 0.481 e. The summed E-state index contributed by atoms with van der Waals surface area (Å²) >= 11 is 2.55. The van der Waals surface area contributed by atoms with Gasteiger partial charge >= 0.3 is 5.97 Å². The molecule has 0 unspecified atom stereocenters. The van der Waals surface area contributed by atoms with Crippen LogP contribution in [-0.2, 0) is 10.2 Å². The van der Waals surface area contributed by atoms with Crippen LogP contribution in [0, 0.1) is 17.5 Å². The van der Waals surface area contributed by atoms with E-state index in [9.17, 15) is 18.0 Å². The molecule has 1 aliphatic carbocycles. The van der Waals surface area contributed by atoms with Crippen LogP contribution in [0.3, 0.4) is 0 Å². The van der Waals surface area contributed by atoms with E-state index in [1.807, 2.05) is 0 Å². The van der Waals surface area contributed by atoms with Gasteiger partial charge in [-0.1, -0.05) is 0 Å². The van der Waals surface area contributed by atoms with E-state index < -0.39 is 38.9 Å². The number of hydrogen-bond acceptors (Lipinski definition) is 1. The molecule has 0 radical (unpaired) electrons. The van der Waals surface area contributed by atoms with Crippen molar-refractivity contribution in [3.8, 4) is 0 Å². The van der Waals surface area contributed by atoms with E-state index in [0.717, 1.165) is 6.07 Å². The van der Waals surface area contributed by atoms with E-state index in [4.69, 9.17) is 5.11 Å². The summed E-state index contributed by atoms with van der Waals surface area (Å²) in [5.74, 6) is -4.94. The van der Waals surface area contributed by atoms with Gasteiger partial charge in [0, 0.05) is 5.56 Å². The van der Waals surface area contributed by atoms with Gasteiger partial charge in [-0.15, -0.1) is 0 Å². The van der Waals surface area contributed by atoms with Crippen molar-refractivity contribution in [2.75, 3.05) is 0 Å². The fourth-order valence-electron chi connectivity index (χ4n) is 1.64. The zero-order valence-electron chi connectivity index (χ0n) is 7.86. The van der Waals surface area contributed by atoms with E-state index >= 15 is 0 Å². The second-order valence-corrected chi connectivity index (χ2v) is 4.53. The molecule has 1 aromatic carbocycles. The molecule has 0 aliphatic heterocycles. The standard InChI is InChI=1S/C10H6BrF3O2/c11-6-5(12)3-4(7(13)8(6)14)10(1-2-10)9(15)16/h3H,1-2H2,(H,15,16). The molecule has 0 amide bonds. The van der Waals surface area contributed by atoms with Gasteiger partial charge in [-0.2, -0.15) is 0 Å². The third-order valence-corrected chi connectivity index (χ3v) is 3.50. The van der Waals surface area contributed by atoms with Gasteiger partial charge in [0.15, 0.2) is 11.6 Å². The van der Waals surface area contributed by atoms with E-state index in [2.05, 4.69) is 15.9 Å². The molecule has 0 aromatic heterocycles. The summed E-state index contributed by atoms with van der Waals surface area (Å²) < 4.78 is 39.3. The average molecular weight is 295 g/mol. The van der Waals surface area contributed by atoms with Gasteiger partial charge in [-0.05, 0) is 34.8 Å². The molecule has 0 heterocycles. The molecule has 1 fully saturated rings. The molecule has 1 aromatic rings. The van der Waals surface area contributed by atoms with Crippen molar-refractivity contribution >= 4 is 21.9 Å². The van der Waals surface area contributed by atoms with Crippen LogP contribution in [0.25, 0.3) is 0 Å². The summed E-state index contributed by atoms with van der Waals surface area (Å²) in [4.78, 5) is 10.9. The third-order valence-electron chi connectivity index (χ3n) is 2.78. The summed E-state index contributed by atoms with van der Waals surface area (Å²) in [6, 6.07) is 0.740. The van der Waals surface area contributed by atoms with Crippen molar-refractivity contribution in [3.05, 3.63) is 33.6 Å². The lowest BCUT2D eigenvalue weighted by atomic mass is 9.95. The van der Waals surface area contributed by atoms with Crippen molar-refractivity contribution < 1.29 is 23.1 Å². The molecule has 0 saturated heterocycles. The van der Waals surface area contributed by atoms with Crippen molar-refractivity contribution in [1.29, 1.82) is 0 Å². The van der Waals surface area contributed by atoms with Crippen LogP contribution in [0.1, 0.15) is 18.4 Å². The minimum Gasteiger partial charge on any atom is -0.481 e. The van der Waals surface area contributed by atoms with Gasteiger partial charge in [0.1, 0.15) is 5.82 Å². The SMILES string of the molecule is O=C(O)C1(c2cc(F)c(Br)c(F)c2F)CC1. The maximum atomic E-state index is 13.5. The van der Waals surface area contributed by atoms with Gasteiger partial charge in [0.2, 0.25) is 0 Å². The van der Waals surface area contributed by atoms with Gasteiger partial charge in [-0.3, -0.25) is 4.79 Å². The number of aliphatic carboxylic acids is 1. The molecule has 2 rings (SSSR count). The maximum absolute atomic E-state index is 13.5. The molecular weight excluding hydrogens is 289 g/mol. The Bertz CT molecular complexity index is 483. The van der Waals surface area contributed by atoms with Crippen molar-refractivity contribution in [1.82, 2.24) is 0 Å². The first-order valence-corrected chi connectivity index (χ1v) is 5.26. The second-order valence-electron chi connectivity index (χ2n) is 3.74. The topological polar surface area (TPSA) is 37.3 Å². The van der Waals surface area contributed by atoms with E-state index in [0.29, 0.717) is 0 Å². The molecule has 0 bridgehead atoms. The van der Waals surface area contributed by atoms with Crippen LogP contribution >= 0.6 is 15.9 Å². The number of carboxylic acids is 1. The van der Waals surface area contributed by atoms with Gasteiger partial charge < -0.3 is 5.11 Å². The van der Waals surface area contributed by atoms with Crippen molar-refractivity contribution in [3.63, 3.8) is 0 Å². The Morgan fingerprint density at radius 2 is 1.88 bits per heavy atom. The Kier molecular flexibility index (Phi) is 2.49. The highest BCUT2D eigenvalue weighted by molar-refractivity contribution is 9.10. The molecule has 2 nitrogen and oxygen atoms in total. The highest BCUT2D eigenvalue weighted by Gasteiger charge is 2.54. The predicted octanol–water partition coefficient (Wildman–Crippen LogP) is 2.98. The summed E-state index contributed by atoms with van der Waals surface area (Å²) in [5, 5.41) is 8.91. The molecule has 86 valence electrons. The van der Waals surface area contributed by atoms with Crippen LogP contribution in [0.4, 0.5) is 13.2 Å². The Balaban J connectivity index is 2.63. The fraction of sp³-hybridized carbons (Fsp3) is 0.300. The molecule has 1 N–H and O–H groups in total. The Labute approximate surface area is 97.2 Å². The second kappa shape index (κ2) is 3.48. The molecule has 1 saturated carbocycles. The lowest BCUT2D eigenvalue weighted by Gasteiger charge is -2.12. The van der Waals surface area contributed by atoms with Crippen molar-refractivity contribution in [2.45, 2.75) is 18.3 Å². The Morgan fingerprint density at radius 1 is 1.31 bits per heavy atom. The highest BCUT2D eigenvalue weighted by atomic mass is 79.9. The van der Waals surface area contributed by atoms with E-state index in [-0.39, 0.29) is 12.8 Å². The average Bonchev–Trinajstić information content (AvgIpc) is 3.01. The van der Waals surface area contributed by atoms with Crippen LogP contribution in [-0.4, -0.2) is 11.1 Å². The minimum absolute atomic E-state index is 0.194. The van der Waals surface area contributed by atoms with Crippen molar-refractivity contribution in [2.24, 2.45) is 0 Å². The summed E-state index contributed by atoms with van der Waals surface area (Å²) in [6.07, 6.45) is 0.388. The number of halogens is 4. The zero-order valence-corrected chi connectivity index (χ0v) is 9.44. The number of rotatable bonds is 2. The lowest BCUT2D eigenvalue weighted by Crippen LogP contribution is -2.22. The van der Waals surface area contributed by atoms with Gasteiger partial charge in [0.25, 0.3) is 0 Å². The van der Waals surface area contributed by atoms with E-state index in [1.165, 1.54) is 0 Å². The fourth-order valence-corrected chi connectivity index (χ4v) is 1.93. The maximum Gasteiger partial charge on any atom is 0.314 e.